The monoisotopic (exact) mass is 233 g/mol. The average Bonchev–Trinajstić information content (AvgIpc) is 2.31. The van der Waals surface area contributed by atoms with Gasteiger partial charge in [-0.05, 0) is 31.5 Å². The van der Waals surface area contributed by atoms with E-state index in [1.54, 1.807) is 12.1 Å². The van der Waals surface area contributed by atoms with Crippen LogP contribution in [0.25, 0.3) is 0 Å². The molecule has 0 aromatic heterocycles. The van der Waals surface area contributed by atoms with E-state index in [2.05, 4.69) is 17.2 Å². The van der Waals surface area contributed by atoms with Crippen LogP contribution < -0.4 is 16.4 Å². The number of rotatable bonds is 6. The summed E-state index contributed by atoms with van der Waals surface area (Å²) in [7, 11) is 0. The van der Waals surface area contributed by atoms with E-state index in [9.17, 15) is 4.79 Å². The van der Waals surface area contributed by atoms with Crippen LogP contribution in [0.15, 0.2) is 30.9 Å². The summed E-state index contributed by atoms with van der Waals surface area (Å²) in [6.45, 7) is 6.92. The number of nitrogens with one attached hydrogen (secondary N) is 2. The Kier molecular flexibility index (Phi) is 5.07. The van der Waals surface area contributed by atoms with Gasteiger partial charge in [0.1, 0.15) is 0 Å². The molecule has 1 amide bonds. The van der Waals surface area contributed by atoms with E-state index in [1.807, 2.05) is 19.1 Å². The summed E-state index contributed by atoms with van der Waals surface area (Å²) in [6.07, 6.45) is 2.71. The molecule has 0 aliphatic carbocycles. The third kappa shape index (κ3) is 3.83. The minimum Gasteiger partial charge on any atom is -0.397 e. The van der Waals surface area contributed by atoms with Crippen LogP contribution in [0.2, 0.25) is 0 Å². The molecule has 0 heterocycles. The minimum atomic E-state index is -0.100. The number of nitrogen functional groups attached to an aromatic ring is 1. The maximum atomic E-state index is 11.6. The summed E-state index contributed by atoms with van der Waals surface area (Å²) in [5.41, 5.74) is 7.88. The fraction of sp³-hybridized carbons (Fsp3) is 0.308. The molecular weight excluding hydrogens is 214 g/mol. The zero-order valence-corrected chi connectivity index (χ0v) is 10.1. The standard InChI is InChI=1S/C13H19N3O/c1-3-5-8-16-12-7-6-10(9-11(12)14)13(17)15-4-2/h3,6-7,9,16H,1,4-5,8,14H2,2H3,(H,15,17). The van der Waals surface area contributed by atoms with Crippen LogP contribution in [-0.4, -0.2) is 19.0 Å². The number of hydrogen-bond acceptors (Lipinski definition) is 3. The van der Waals surface area contributed by atoms with Crippen molar-refractivity contribution < 1.29 is 4.79 Å². The topological polar surface area (TPSA) is 67.2 Å². The predicted molar refractivity (Wildman–Crippen MR) is 72.2 cm³/mol. The summed E-state index contributed by atoms with van der Waals surface area (Å²) in [4.78, 5) is 11.6. The molecule has 0 saturated carbocycles. The third-order valence-corrected chi connectivity index (χ3v) is 2.32. The molecule has 4 N–H and O–H groups in total. The normalized spacial score (nSPS) is 9.71. The lowest BCUT2D eigenvalue weighted by molar-refractivity contribution is 0.0956. The molecule has 92 valence electrons. The van der Waals surface area contributed by atoms with Gasteiger partial charge in [0, 0.05) is 18.7 Å². The zero-order chi connectivity index (χ0) is 12.7. The van der Waals surface area contributed by atoms with Crippen LogP contribution in [0.4, 0.5) is 11.4 Å². The van der Waals surface area contributed by atoms with Crippen molar-refractivity contribution in [1.82, 2.24) is 5.32 Å². The molecule has 0 radical (unpaired) electrons. The lowest BCUT2D eigenvalue weighted by Crippen LogP contribution is -2.22. The van der Waals surface area contributed by atoms with Crippen molar-refractivity contribution in [3.63, 3.8) is 0 Å². The van der Waals surface area contributed by atoms with Gasteiger partial charge in [-0.15, -0.1) is 6.58 Å². The minimum absolute atomic E-state index is 0.100. The average molecular weight is 233 g/mol. The molecule has 0 unspecified atom stereocenters. The van der Waals surface area contributed by atoms with Gasteiger partial charge in [-0.1, -0.05) is 6.08 Å². The largest absolute Gasteiger partial charge is 0.397 e. The van der Waals surface area contributed by atoms with E-state index < -0.39 is 0 Å². The molecule has 4 heteroatoms. The second kappa shape index (κ2) is 6.58. The van der Waals surface area contributed by atoms with Crippen LogP contribution in [0.3, 0.4) is 0 Å². The van der Waals surface area contributed by atoms with E-state index in [0.29, 0.717) is 17.8 Å². The molecule has 0 bridgehead atoms. The zero-order valence-electron chi connectivity index (χ0n) is 10.1. The van der Waals surface area contributed by atoms with E-state index in [0.717, 1.165) is 18.7 Å². The van der Waals surface area contributed by atoms with Crippen LogP contribution in [0, 0.1) is 0 Å². The number of anilines is 2. The van der Waals surface area contributed by atoms with Crippen molar-refractivity contribution in [3.05, 3.63) is 36.4 Å². The van der Waals surface area contributed by atoms with Crippen LogP contribution in [-0.2, 0) is 0 Å². The Bertz CT molecular complexity index is 402. The fourth-order valence-electron chi connectivity index (χ4n) is 1.44. The Labute approximate surface area is 102 Å². The first-order valence-electron chi connectivity index (χ1n) is 5.71. The first-order valence-corrected chi connectivity index (χ1v) is 5.71. The van der Waals surface area contributed by atoms with Crippen LogP contribution >= 0.6 is 0 Å². The molecule has 0 spiro atoms. The first kappa shape index (κ1) is 13.1. The number of carbonyl (C=O) groups excluding carboxylic acids is 1. The van der Waals surface area contributed by atoms with Crippen molar-refractivity contribution in [2.45, 2.75) is 13.3 Å². The third-order valence-electron chi connectivity index (χ3n) is 2.32. The molecule has 0 atom stereocenters. The van der Waals surface area contributed by atoms with Crippen molar-refractivity contribution in [3.8, 4) is 0 Å². The Morgan fingerprint density at radius 1 is 1.53 bits per heavy atom. The molecule has 1 aromatic carbocycles. The van der Waals surface area contributed by atoms with Gasteiger partial charge in [-0.2, -0.15) is 0 Å². The summed E-state index contributed by atoms with van der Waals surface area (Å²) < 4.78 is 0. The summed E-state index contributed by atoms with van der Waals surface area (Å²) >= 11 is 0. The van der Waals surface area contributed by atoms with Gasteiger partial charge in [0.05, 0.1) is 11.4 Å². The Hall–Kier alpha value is -1.97. The van der Waals surface area contributed by atoms with Crippen molar-refractivity contribution >= 4 is 17.3 Å². The first-order chi connectivity index (χ1) is 8.19. The molecule has 4 nitrogen and oxygen atoms in total. The summed E-state index contributed by atoms with van der Waals surface area (Å²) in [5.74, 6) is -0.100. The van der Waals surface area contributed by atoms with E-state index in [-0.39, 0.29) is 5.91 Å². The number of nitrogens with two attached hydrogens (primary N) is 1. The maximum Gasteiger partial charge on any atom is 0.251 e. The SMILES string of the molecule is C=CCCNc1ccc(C(=O)NCC)cc1N. The van der Waals surface area contributed by atoms with E-state index >= 15 is 0 Å². The number of benzene rings is 1. The number of carbonyl (C=O) groups is 1. The van der Waals surface area contributed by atoms with Gasteiger partial charge in [0.15, 0.2) is 0 Å². The summed E-state index contributed by atoms with van der Waals surface area (Å²) in [5, 5.41) is 5.92. The Morgan fingerprint density at radius 3 is 2.88 bits per heavy atom. The summed E-state index contributed by atoms with van der Waals surface area (Å²) in [6, 6.07) is 5.27. The van der Waals surface area contributed by atoms with Gasteiger partial charge >= 0.3 is 0 Å². The highest BCUT2D eigenvalue weighted by Crippen LogP contribution is 2.19. The molecular formula is C13H19N3O. The smallest absolute Gasteiger partial charge is 0.251 e. The van der Waals surface area contributed by atoms with Crippen molar-refractivity contribution in [1.29, 1.82) is 0 Å². The molecule has 0 aliphatic heterocycles. The molecule has 0 fully saturated rings. The second-order valence-corrected chi connectivity index (χ2v) is 3.67. The van der Waals surface area contributed by atoms with E-state index in [1.165, 1.54) is 0 Å². The van der Waals surface area contributed by atoms with Gasteiger partial charge in [-0.25, -0.2) is 0 Å². The predicted octanol–water partition coefficient (Wildman–Crippen LogP) is 2.01. The van der Waals surface area contributed by atoms with Gasteiger partial charge in [0.2, 0.25) is 0 Å². The van der Waals surface area contributed by atoms with Gasteiger partial charge in [-0.3, -0.25) is 4.79 Å². The Balaban J connectivity index is 2.71. The quantitative estimate of drug-likeness (QED) is 0.400. The molecule has 1 aromatic rings. The maximum absolute atomic E-state index is 11.6. The van der Waals surface area contributed by atoms with E-state index in [4.69, 9.17) is 5.73 Å². The molecule has 1 rings (SSSR count). The highest BCUT2D eigenvalue weighted by atomic mass is 16.1. The fourth-order valence-corrected chi connectivity index (χ4v) is 1.44. The van der Waals surface area contributed by atoms with Crippen LogP contribution in [0.5, 0.6) is 0 Å². The highest BCUT2D eigenvalue weighted by molar-refractivity contribution is 5.96. The number of amides is 1. The number of hydrogen-bond donors (Lipinski definition) is 3. The lowest BCUT2D eigenvalue weighted by atomic mass is 10.1. The second-order valence-electron chi connectivity index (χ2n) is 3.67. The van der Waals surface area contributed by atoms with Gasteiger partial charge in [0.25, 0.3) is 5.91 Å². The Morgan fingerprint density at radius 2 is 2.29 bits per heavy atom. The lowest BCUT2D eigenvalue weighted by Gasteiger charge is -2.10. The molecule has 0 aliphatic rings. The van der Waals surface area contributed by atoms with Crippen molar-refractivity contribution in [2.24, 2.45) is 0 Å². The molecule has 0 saturated heterocycles. The van der Waals surface area contributed by atoms with Gasteiger partial charge < -0.3 is 16.4 Å². The molecule has 17 heavy (non-hydrogen) atoms. The highest BCUT2D eigenvalue weighted by Gasteiger charge is 2.06. The van der Waals surface area contributed by atoms with Crippen molar-refractivity contribution in [2.75, 3.05) is 24.1 Å². The van der Waals surface area contributed by atoms with Crippen LogP contribution in [0.1, 0.15) is 23.7 Å².